The first-order valence-corrected chi connectivity index (χ1v) is 4.70. The molecule has 13 heavy (non-hydrogen) atoms. The van der Waals surface area contributed by atoms with Crippen molar-refractivity contribution in [1.29, 1.82) is 0 Å². The van der Waals surface area contributed by atoms with Crippen molar-refractivity contribution in [3.8, 4) is 5.75 Å². The molecule has 0 aliphatic rings. The van der Waals surface area contributed by atoms with Gasteiger partial charge in [0.2, 0.25) is 0 Å². The molecular weight excluding hydrogens is 186 g/mol. The van der Waals surface area contributed by atoms with Gasteiger partial charge in [-0.1, -0.05) is 6.07 Å². The van der Waals surface area contributed by atoms with Gasteiger partial charge in [-0.3, -0.25) is 4.84 Å². The molecule has 0 unspecified atom stereocenters. The number of hydrogen-bond acceptors (Lipinski definition) is 4. The molecule has 0 aliphatic carbocycles. The molecule has 4 heteroatoms. The Bertz CT molecular complexity index is 424. The summed E-state index contributed by atoms with van der Waals surface area (Å²) in [5, 5.41) is 12.4. The molecule has 1 aromatic heterocycles. The van der Waals surface area contributed by atoms with Gasteiger partial charge in [-0.25, -0.2) is 5.90 Å². The van der Waals surface area contributed by atoms with Gasteiger partial charge in [0.05, 0.1) is 6.61 Å². The van der Waals surface area contributed by atoms with Crippen LogP contribution >= 0.6 is 11.3 Å². The largest absolute Gasteiger partial charge is 0.507 e. The van der Waals surface area contributed by atoms with Crippen molar-refractivity contribution in [3.63, 3.8) is 0 Å². The Morgan fingerprint density at radius 2 is 2.31 bits per heavy atom. The number of thiophene rings is 1. The number of nitrogens with two attached hydrogens (primary N) is 1. The van der Waals surface area contributed by atoms with Crippen LogP contribution in [0.2, 0.25) is 0 Å². The van der Waals surface area contributed by atoms with Crippen LogP contribution in [0.3, 0.4) is 0 Å². The predicted molar refractivity (Wildman–Crippen MR) is 52.5 cm³/mol. The van der Waals surface area contributed by atoms with Crippen molar-refractivity contribution >= 4 is 21.4 Å². The van der Waals surface area contributed by atoms with Gasteiger partial charge >= 0.3 is 0 Å². The first kappa shape index (κ1) is 8.50. The minimum absolute atomic E-state index is 0.283. The molecule has 3 N–H and O–H groups in total. The monoisotopic (exact) mass is 195 g/mol. The van der Waals surface area contributed by atoms with Gasteiger partial charge in [0.1, 0.15) is 5.75 Å². The van der Waals surface area contributed by atoms with E-state index in [1.807, 2.05) is 17.5 Å². The maximum absolute atomic E-state index is 9.58. The molecule has 2 rings (SSSR count). The highest BCUT2D eigenvalue weighted by atomic mass is 32.1. The Labute approximate surface area is 79.3 Å². The van der Waals surface area contributed by atoms with Gasteiger partial charge in [0, 0.05) is 15.6 Å². The lowest BCUT2D eigenvalue weighted by Gasteiger charge is -1.98. The zero-order chi connectivity index (χ0) is 9.26. The van der Waals surface area contributed by atoms with Gasteiger partial charge in [0.25, 0.3) is 0 Å². The van der Waals surface area contributed by atoms with E-state index in [4.69, 9.17) is 5.90 Å². The molecule has 68 valence electrons. The lowest BCUT2D eigenvalue weighted by molar-refractivity contribution is 0.125. The Kier molecular flexibility index (Phi) is 2.18. The van der Waals surface area contributed by atoms with Crippen molar-refractivity contribution in [2.45, 2.75) is 6.61 Å². The van der Waals surface area contributed by atoms with Crippen LogP contribution in [0.5, 0.6) is 5.75 Å². The van der Waals surface area contributed by atoms with Crippen molar-refractivity contribution in [1.82, 2.24) is 0 Å². The Balaban J connectivity index is 2.64. The highest BCUT2D eigenvalue weighted by Gasteiger charge is 2.07. The molecule has 0 radical (unpaired) electrons. The molecule has 1 heterocycles. The van der Waals surface area contributed by atoms with Crippen molar-refractivity contribution in [2.75, 3.05) is 0 Å². The average Bonchev–Trinajstić information content (AvgIpc) is 2.51. The Morgan fingerprint density at radius 1 is 1.46 bits per heavy atom. The molecule has 0 aliphatic heterocycles. The van der Waals surface area contributed by atoms with Gasteiger partial charge in [-0.15, -0.1) is 11.3 Å². The second kappa shape index (κ2) is 3.33. The quantitative estimate of drug-likeness (QED) is 0.720. The van der Waals surface area contributed by atoms with Gasteiger partial charge in [-0.05, 0) is 17.5 Å². The molecule has 0 atom stereocenters. The molecule has 0 amide bonds. The van der Waals surface area contributed by atoms with Crippen LogP contribution in [-0.2, 0) is 11.4 Å². The Hall–Kier alpha value is -1.10. The number of fused-ring (bicyclic) bond motifs is 1. The number of phenols is 1. The number of phenolic OH excluding ortho intramolecular Hbond substituents is 1. The Morgan fingerprint density at radius 3 is 3.08 bits per heavy atom. The number of rotatable bonds is 2. The first-order chi connectivity index (χ1) is 6.33. The van der Waals surface area contributed by atoms with E-state index in [1.54, 1.807) is 17.4 Å². The molecule has 0 fully saturated rings. The summed E-state index contributed by atoms with van der Waals surface area (Å²) >= 11 is 1.57. The standard InChI is InChI=1S/C9H9NO2S/c10-12-4-6-5-13-8-3-1-2-7(11)9(6)8/h1-3,5,11H,4,10H2. The van der Waals surface area contributed by atoms with Crippen LogP contribution in [-0.4, -0.2) is 5.11 Å². The lowest BCUT2D eigenvalue weighted by atomic mass is 10.2. The van der Waals surface area contributed by atoms with Crippen molar-refractivity contribution in [2.24, 2.45) is 5.90 Å². The molecule has 3 nitrogen and oxygen atoms in total. The molecule has 1 aromatic carbocycles. The third-order valence-electron chi connectivity index (χ3n) is 1.89. The summed E-state index contributed by atoms with van der Waals surface area (Å²) in [6.07, 6.45) is 0. The molecule has 0 saturated heterocycles. The van der Waals surface area contributed by atoms with Gasteiger partial charge in [-0.2, -0.15) is 0 Å². The molecular formula is C9H9NO2S. The smallest absolute Gasteiger partial charge is 0.124 e. The summed E-state index contributed by atoms with van der Waals surface area (Å²) < 4.78 is 1.05. The normalized spacial score (nSPS) is 10.8. The summed E-state index contributed by atoms with van der Waals surface area (Å²) in [5.41, 5.74) is 0.931. The van der Waals surface area contributed by atoms with Crippen LogP contribution in [0.25, 0.3) is 10.1 Å². The molecule has 0 saturated carbocycles. The third kappa shape index (κ3) is 1.39. The highest BCUT2D eigenvalue weighted by molar-refractivity contribution is 7.17. The van der Waals surface area contributed by atoms with E-state index >= 15 is 0 Å². The maximum Gasteiger partial charge on any atom is 0.124 e. The zero-order valence-electron chi connectivity index (χ0n) is 6.86. The SMILES string of the molecule is NOCc1csc2cccc(O)c12. The molecule has 2 aromatic rings. The van der Waals surface area contributed by atoms with E-state index in [-0.39, 0.29) is 5.75 Å². The van der Waals surface area contributed by atoms with Crippen LogP contribution in [0.1, 0.15) is 5.56 Å². The third-order valence-corrected chi connectivity index (χ3v) is 2.89. The topological polar surface area (TPSA) is 55.5 Å². The number of hydrogen-bond donors (Lipinski definition) is 2. The van der Waals surface area contributed by atoms with Crippen LogP contribution in [0.15, 0.2) is 23.6 Å². The van der Waals surface area contributed by atoms with Crippen molar-refractivity contribution < 1.29 is 9.94 Å². The van der Waals surface area contributed by atoms with Gasteiger partial charge in [0.15, 0.2) is 0 Å². The highest BCUT2D eigenvalue weighted by Crippen LogP contribution is 2.32. The summed E-state index contributed by atoms with van der Waals surface area (Å²) in [6, 6.07) is 5.44. The zero-order valence-corrected chi connectivity index (χ0v) is 7.67. The summed E-state index contributed by atoms with van der Waals surface area (Å²) in [4.78, 5) is 4.54. The predicted octanol–water partition coefficient (Wildman–Crippen LogP) is 2.00. The maximum atomic E-state index is 9.58. The molecule has 0 bridgehead atoms. The number of aromatic hydroxyl groups is 1. The number of benzene rings is 1. The van der Waals surface area contributed by atoms with Gasteiger partial charge < -0.3 is 5.11 Å². The summed E-state index contributed by atoms with van der Waals surface area (Å²) in [5.74, 6) is 5.27. The van der Waals surface area contributed by atoms with E-state index in [0.29, 0.717) is 6.61 Å². The minimum atomic E-state index is 0.283. The fraction of sp³-hybridized carbons (Fsp3) is 0.111. The van der Waals surface area contributed by atoms with E-state index in [2.05, 4.69) is 4.84 Å². The molecule has 0 spiro atoms. The second-order valence-corrected chi connectivity index (χ2v) is 3.63. The summed E-state index contributed by atoms with van der Waals surface area (Å²) in [7, 11) is 0. The lowest BCUT2D eigenvalue weighted by Crippen LogP contribution is -1.97. The fourth-order valence-corrected chi connectivity index (χ4v) is 2.30. The second-order valence-electron chi connectivity index (χ2n) is 2.72. The van der Waals surface area contributed by atoms with Crippen LogP contribution < -0.4 is 5.90 Å². The first-order valence-electron chi connectivity index (χ1n) is 3.82. The fourth-order valence-electron chi connectivity index (χ4n) is 1.33. The van der Waals surface area contributed by atoms with Crippen molar-refractivity contribution in [3.05, 3.63) is 29.1 Å². The van der Waals surface area contributed by atoms with Crippen LogP contribution in [0, 0.1) is 0 Å². The van der Waals surface area contributed by atoms with E-state index in [1.165, 1.54) is 0 Å². The van der Waals surface area contributed by atoms with E-state index < -0.39 is 0 Å². The van der Waals surface area contributed by atoms with E-state index in [9.17, 15) is 5.11 Å². The summed E-state index contributed by atoms with van der Waals surface area (Å²) in [6.45, 7) is 0.331. The van der Waals surface area contributed by atoms with E-state index in [0.717, 1.165) is 15.6 Å². The van der Waals surface area contributed by atoms with Crippen LogP contribution in [0.4, 0.5) is 0 Å². The average molecular weight is 195 g/mol. The minimum Gasteiger partial charge on any atom is -0.507 e.